The van der Waals surface area contributed by atoms with Crippen molar-refractivity contribution in [3.8, 4) is 0 Å². The van der Waals surface area contributed by atoms with Gasteiger partial charge in [-0.2, -0.15) is 0 Å². The van der Waals surface area contributed by atoms with Crippen molar-refractivity contribution in [2.24, 2.45) is 4.99 Å². The Labute approximate surface area is 110 Å². The number of hydrogen-bond donors (Lipinski definition) is 1. The quantitative estimate of drug-likeness (QED) is 0.862. The second-order valence-corrected chi connectivity index (χ2v) is 4.73. The largest absolute Gasteiger partial charge is 0.370 e. The summed E-state index contributed by atoms with van der Waals surface area (Å²) in [4.78, 5) is 7.06. The summed E-state index contributed by atoms with van der Waals surface area (Å²) in [5.74, 6) is 1.13. The van der Waals surface area contributed by atoms with Gasteiger partial charge in [-0.05, 0) is 25.6 Å². The number of nitrogens with zero attached hydrogens (tertiary/aromatic N) is 2. The first-order chi connectivity index (χ1) is 8.76. The molecule has 1 aliphatic heterocycles. The van der Waals surface area contributed by atoms with E-state index in [1.807, 2.05) is 0 Å². The highest BCUT2D eigenvalue weighted by Crippen LogP contribution is 2.23. The van der Waals surface area contributed by atoms with E-state index in [1.165, 1.54) is 11.1 Å². The average Bonchev–Trinajstić information content (AvgIpc) is 2.91. The molecule has 0 spiro atoms. The van der Waals surface area contributed by atoms with Crippen LogP contribution in [0.5, 0.6) is 0 Å². The van der Waals surface area contributed by atoms with Crippen molar-refractivity contribution in [2.75, 3.05) is 26.2 Å². The SMILES string of the molecule is CCN(CC)C(C1=NCCN1)c1ccc(C)cc1. The highest BCUT2D eigenvalue weighted by molar-refractivity contribution is 5.89. The van der Waals surface area contributed by atoms with Gasteiger partial charge in [0.2, 0.25) is 0 Å². The fourth-order valence-corrected chi connectivity index (χ4v) is 2.48. The molecule has 0 aliphatic carbocycles. The second-order valence-electron chi connectivity index (χ2n) is 4.73. The number of aliphatic imine (C=N–C) groups is 1. The fourth-order valence-electron chi connectivity index (χ4n) is 2.48. The highest BCUT2D eigenvalue weighted by Gasteiger charge is 2.25. The third-order valence-corrected chi connectivity index (χ3v) is 3.53. The maximum absolute atomic E-state index is 4.62. The molecular formula is C15H23N3. The summed E-state index contributed by atoms with van der Waals surface area (Å²) < 4.78 is 0. The van der Waals surface area contributed by atoms with Crippen LogP contribution in [0.4, 0.5) is 0 Å². The molecule has 0 amide bonds. The van der Waals surface area contributed by atoms with Crippen molar-refractivity contribution >= 4 is 5.84 Å². The number of amidine groups is 1. The van der Waals surface area contributed by atoms with E-state index in [4.69, 9.17) is 0 Å². The van der Waals surface area contributed by atoms with Crippen LogP contribution in [0.1, 0.15) is 31.0 Å². The first kappa shape index (κ1) is 13.1. The van der Waals surface area contributed by atoms with Crippen molar-refractivity contribution in [3.63, 3.8) is 0 Å². The van der Waals surface area contributed by atoms with E-state index >= 15 is 0 Å². The van der Waals surface area contributed by atoms with Crippen LogP contribution in [0.25, 0.3) is 0 Å². The van der Waals surface area contributed by atoms with Gasteiger partial charge in [-0.15, -0.1) is 0 Å². The van der Waals surface area contributed by atoms with E-state index in [9.17, 15) is 0 Å². The first-order valence-electron chi connectivity index (χ1n) is 6.85. The third-order valence-electron chi connectivity index (χ3n) is 3.53. The van der Waals surface area contributed by atoms with Crippen molar-refractivity contribution in [2.45, 2.75) is 26.8 Å². The van der Waals surface area contributed by atoms with Crippen LogP contribution < -0.4 is 5.32 Å². The van der Waals surface area contributed by atoms with Gasteiger partial charge in [0.1, 0.15) is 5.84 Å². The van der Waals surface area contributed by atoms with Crippen molar-refractivity contribution < 1.29 is 0 Å². The number of rotatable bonds is 5. The summed E-state index contributed by atoms with van der Waals surface area (Å²) in [5, 5.41) is 3.43. The average molecular weight is 245 g/mol. The van der Waals surface area contributed by atoms with Crippen molar-refractivity contribution in [1.29, 1.82) is 0 Å². The molecule has 3 heteroatoms. The summed E-state index contributed by atoms with van der Waals surface area (Å²) in [6, 6.07) is 9.09. The molecule has 98 valence electrons. The number of nitrogens with one attached hydrogen (secondary N) is 1. The van der Waals surface area contributed by atoms with Crippen LogP contribution in [0.3, 0.4) is 0 Å². The lowest BCUT2D eigenvalue weighted by Crippen LogP contribution is -2.38. The molecule has 0 saturated heterocycles. The van der Waals surface area contributed by atoms with Gasteiger partial charge in [-0.1, -0.05) is 43.7 Å². The zero-order chi connectivity index (χ0) is 13.0. The Kier molecular flexibility index (Phi) is 4.37. The van der Waals surface area contributed by atoms with Crippen molar-refractivity contribution in [1.82, 2.24) is 10.2 Å². The molecule has 1 atom stereocenters. The zero-order valence-corrected chi connectivity index (χ0v) is 11.6. The van der Waals surface area contributed by atoms with Crippen LogP contribution in [0.15, 0.2) is 29.3 Å². The number of hydrogen-bond acceptors (Lipinski definition) is 3. The number of likely N-dealkylation sites (N-methyl/N-ethyl adjacent to an activating group) is 1. The molecule has 1 unspecified atom stereocenters. The highest BCUT2D eigenvalue weighted by atomic mass is 15.2. The van der Waals surface area contributed by atoms with Gasteiger partial charge in [-0.3, -0.25) is 9.89 Å². The van der Waals surface area contributed by atoms with E-state index in [-0.39, 0.29) is 6.04 Å². The standard InChI is InChI=1S/C15H23N3/c1-4-18(5-2)14(15-16-10-11-17-15)13-8-6-12(3)7-9-13/h6-9,14H,4-5,10-11H2,1-3H3,(H,16,17). The molecule has 0 radical (unpaired) electrons. The van der Waals surface area contributed by atoms with E-state index in [1.54, 1.807) is 0 Å². The fraction of sp³-hybridized carbons (Fsp3) is 0.533. The number of benzene rings is 1. The minimum absolute atomic E-state index is 0.281. The van der Waals surface area contributed by atoms with Crippen LogP contribution in [0.2, 0.25) is 0 Å². The molecule has 3 nitrogen and oxygen atoms in total. The molecule has 0 fully saturated rings. The van der Waals surface area contributed by atoms with Gasteiger partial charge in [0, 0.05) is 6.54 Å². The van der Waals surface area contributed by atoms with Gasteiger partial charge >= 0.3 is 0 Å². The van der Waals surface area contributed by atoms with Gasteiger partial charge in [0.05, 0.1) is 12.6 Å². The summed E-state index contributed by atoms with van der Waals surface area (Å²) in [7, 11) is 0. The Balaban J connectivity index is 2.31. The second kappa shape index (κ2) is 6.01. The van der Waals surface area contributed by atoms with E-state index in [2.05, 4.69) is 60.2 Å². The van der Waals surface area contributed by atoms with E-state index in [0.29, 0.717) is 0 Å². The summed E-state index contributed by atoms with van der Waals surface area (Å²) in [6.45, 7) is 10.5. The molecule has 1 heterocycles. The zero-order valence-electron chi connectivity index (χ0n) is 11.6. The van der Waals surface area contributed by atoms with Gasteiger partial charge in [-0.25, -0.2) is 0 Å². The van der Waals surface area contributed by atoms with Crippen LogP contribution in [-0.4, -0.2) is 36.9 Å². The lowest BCUT2D eigenvalue weighted by molar-refractivity contribution is 0.268. The summed E-state index contributed by atoms with van der Waals surface area (Å²) in [6.07, 6.45) is 0. The molecule has 0 saturated carbocycles. The smallest absolute Gasteiger partial charge is 0.119 e. The minimum Gasteiger partial charge on any atom is -0.370 e. The normalized spacial score (nSPS) is 16.6. The first-order valence-corrected chi connectivity index (χ1v) is 6.85. The molecule has 1 aromatic rings. The molecule has 1 aliphatic rings. The van der Waals surface area contributed by atoms with Gasteiger partial charge in [0.25, 0.3) is 0 Å². The predicted molar refractivity (Wildman–Crippen MR) is 77.1 cm³/mol. The van der Waals surface area contributed by atoms with E-state index < -0.39 is 0 Å². The Bertz CT molecular complexity index is 404. The molecule has 18 heavy (non-hydrogen) atoms. The van der Waals surface area contributed by atoms with Crippen LogP contribution in [0, 0.1) is 6.92 Å². The van der Waals surface area contributed by atoms with Crippen LogP contribution in [-0.2, 0) is 0 Å². The minimum atomic E-state index is 0.281. The lowest BCUT2D eigenvalue weighted by atomic mass is 10.0. The maximum Gasteiger partial charge on any atom is 0.119 e. The van der Waals surface area contributed by atoms with Crippen LogP contribution >= 0.6 is 0 Å². The van der Waals surface area contributed by atoms with Gasteiger partial charge < -0.3 is 5.32 Å². The monoisotopic (exact) mass is 245 g/mol. The van der Waals surface area contributed by atoms with E-state index in [0.717, 1.165) is 32.0 Å². The molecule has 1 N–H and O–H groups in total. The topological polar surface area (TPSA) is 27.6 Å². The Hall–Kier alpha value is -1.35. The molecule has 2 rings (SSSR count). The number of aryl methyl sites for hydroxylation is 1. The Morgan fingerprint density at radius 3 is 2.39 bits per heavy atom. The molecule has 0 aromatic heterocycles. The lowest BCUT2D eigenvalue weighted by Gasteiger charge is -2.30. The molecule has 1 aromatic carbocycles. The predicted octanol–water partition coefficient (Wildman–Crippen LogP) is 2.38. The molecular weight excluding hydrogens is 222 g/mol. The summed E-state index contributed by atoms with van der Waals surface area (Å²) >= 11 is 0. The third kappa shape index (κ3) is 2.72. The summed E-state index contributed by atoms with van der Waals surface area (Å²) in [5.41, 5.74) is 2.64. The van der Waals surface area contributed by atoms with Gasteiger partial charge in [0.15, 0.2) is 0 Å². The molecule has 0 bridgehead atoms. The van der Waals surface area contributed by atoms with Crippen molar-refractivity contribution in [3.05, 3.63) is 35.4 Å². The maximum atomic E-state index is 4.62. The Morgan fingerprint density at radius 2 is 1.89 bits per heavy atom. The Morgan fingerprint density at radius 1 is 1.22 bits per heavy atom.